The molecule has 0 spiro atoms. The highest BCUT2D eigenvalue weighted by molar-refractivity contribution is 8.07. The molecular formula is C10H12N2O2S. The van der Waals surface area contributed by atoms with Crippen molar-refractivity contribution in [2.45, 2.75) is 6.92 Å². The lowest BCUT2D eigenvalue weighted by molar-refractivity contribution is -0.137. The molecule has 0 bridgehead atoms. The van der Waals surface area contributed by atoms with Gasteiger partial charge >= 0.3 is 5.97 Å². The fourth-order valence-electron chi connectivity index (χ4n) is 0.882. The van der Waals surface area contributed by atoms with E-state index in [4.69, 9.17) is 4.74 Å². The standard InChI is InChI=1S/C10H12N2O2S/c1-3-14-10(13)9-4-5-11-6-7-12-8(2)15-9/h4,6-7H,2-3,5H2,1H3/b9-4-,11-6?,12-7-. The maximum absolute atomic E-state index is 11.5. The number of nitrogens with zero attached hydrogens (tertiary/aromatic N) is 2. The third-order valence-electron chi connectivity index (χ3n) is 1.48. The van der Waals surface area contributed by atoms with Gasteiger partial charge in [0.25, 0.3) is 0 Å². The van der Waals surface area contributed by atoms with Crippen LogP contribution < -0.4 is 0 Å². The summed E-state index contributed by atoms with van der Waals surface area (Å²) in [6, 6.07) is 0. The fraction of sp³-hybridized carbons (Fsp3) is 0.300. The van der Waals surface area contributed by atoms with Gasteiger partial charge in [-0.3, -0.25) is 4.99 Å². The molecule has 1 heterocycles. The minimum absolute atomic E-state index is 0.351. The van der Waals surface area contributed by atoms with Crippen LogP contribution in [0.25, 0.3) is 0 Å². The van der Waals surface area contributed by atoms with Gasteiger partial charge in [-0.05, 0) is 13.0 Å². The molecule has 0 radical (unpaired) electrons. The second-order valence-electron chi connectivity index (χ2n) is 2.58. The third kappa shape index (κ3) is 4.12. The maximum Gasteiger partial charge on any atom is 0.344 e. The number of carbonyl (C=O) groups excluding carboxylic acids is 1. The van der Waals surface area contributed by atoms with Gasteiger partial charge in [0.05, 0.1) is 23.1 Å². The molecule has 0 saturated heterocycles. The summed E-state index contributed by atoms with van der Waals surface area (Å²) in [6.07, 6.45) is 4.84. The lowest BCUT2D eigenvalue weighted by Crippen LogP contribution is -2.05. The van der Waals surface area contributed by atoms with Gasteiger partial charge in [-0.15, -0.1) is 0 Å². The minimum Gasteiger partial charge on any atom is -0.462 e. The number of aliphatic imine (C=N–C) groups is 2. The Balaban J connectivity index is 2.77. The van der Waals surface area contributed by atoms with Crippen molar-refractivity contribution in [1.82, 2.24) is 0 Å². The maximum atomic E-state index is 11.5. The summed E-state index contributed by atoms with van der Waals surface area (Å²) in [6.45, 7) is 6.27. The molecular weight excluding hydrogens is 212 g/mol. The van der Waals surface area contributed by atoms with Gasteiger partial charge < -0.3 is 4.74 Å². The van der Waals surface area contributed by atoms with E-state index in [0.717, 1.165) is 0 Å². The molecule has 80 valence electrons. The molecule has 1 aliphatic rings. The van der Waals surface area contributed by atoms with E-state index >= 15 is 0 Å². The smallest absolute Gasteiger partial charge is 0.344 e. The molecule has 5 heteroatoms. The van der Waals surface area contributed by atoms with Crippen LogP contribution in [-0.4, -0.2) is 31.6 Å². The van der Waals surface area contributed by atoms with E-state index < -0.39 is 0 Å². The molecule has 0 fully saturated rings. The Bertz CT molecular complexity index is 345. The van der Waals surface area contributed by atoms with E-state index in [9.17, 15) is 4.79 Å². The van der Waals surface area contributed by atoms with E-state index in [1.807, 2.05) is 0 Å². The first kappa shape index (κ1) is 11.7. The molecule has 0 N–H and O–H groups in total. The zero-order chi connectivity index (χ0) is 11.1. The molecule has 0 amide bonds. The van der Waals surface area contributed by atoms with Crippen molar-refractivity contribution >= 4 is 30.2 Å². The number of hydrogen-bond acceptors (Lipinski definition) is 5. The predicted molar refractivity (Wildman–Crippen MR) is 63.3 cm³/mol. The van der Waals surface area contributed by atoms with Crippen LogP contribution in [0.1, 0.15) is 6.92 Å². The van der Waals surface area contributed by atoms with Gasteiger partial charge in [0.2, 0.25) is 0 Å². The number of thioether (sulfide) groups is 1. The second-order valence-corrected chi connectivity index (χ2v) is 3.69. The first-order valence-electron chi connectivity index (χ1n) is 4.50. The molecule has 0 atom stereocenters. The first-order valence-corrected chi connectivity index (χ1v) is 5.32. The zero-order valence-electron chi connectivity index (χ0n) is 8.47. The molecule has 0 saturated carbocycles. The largest absolute Gasteiger partial charge is 0.462 e. The van der Waals surface area contributed by atoms with Crippen LogP contribution in [0.5, 0.6) is 0 Å². The van der Waals surface area contributed by atoms with Crippen LogP contribution in [0, 0.1) is 0 Å². The van der Waals surface area contributed by atoms with Crippen molar-refractivity contribution in [2.75, 3.05) is 13.2 Å². The molecule has 1 rings (SSSR count). The van der Waals surface area contributed by atoms with E-state index in [2.05, 4.69) is 16.6 Å². The molecule has 15 heavy (non-hydrogen) atoms. The monoisotopic (exact) mass is 224 g/mol. The van der Waals surface area contributed by atoms with Crippen molar-refractivity contribution in [3.8, 4) is 0 Å². The predicted octanol–water partition coefficient (Wildman–Crippen LogP) is 1.79. The van der Waals surface area contributed by atoms with E-state index in [-0.39, 0.29) is 5.97 Å². The Morgan fingerprint density at radius 3 is 3.20 bits per heavy atom. The Kier molecular flexibility index (Phi) is 4.83. The highest BCUT2D eigenvalue weighted by Crippen LogP contribution is 2.26. The Labute approximate surface area is 92.8 Å². The van der Waals surface area contributed by atoms with Crippen LogP contribution >= 0.6 is 11.8 Å². The molecule has 1 aliphatic heterocycles. The van der Waals surface area contributed by atoms with Gasteiger partial charge in [0.1, 0.15) is 0 Å². The van der Waals surface area contributed by atoms with Crippen molar-refractivity contribution in [3.05, 3.63) is 22.6 Å². The summed E-state index contributed by atoms with van der Waals surface area (Å²) in [5, 5.41) is 0.544. The fourth-order valence-corrected chi connectivity index (χ4v) is 1.55. The van der Waals surface area contributed by atoms with Gasteiger partial charge in [-0.2, -0.15) is 0 Å². The van der Waals surface area contributed by atoms with Gasteiger partial charge in [0, 0.05) is 12.4 Å². The quantitative estimate of drug-likeness (QED) is 0.672. The van der Waals surface area contributed by atoms with Crippen LogP contribution in [0.15, 0.2) is 32.6 Å². The summed E-state index contributed by atoms with van der Waals surface area (Å²) in [5.74, 6) is -0.351. The highest BCUT2D eigenvalue weighted by atomic mass is 32.2. The Morgan fingerprint density at radius 2 is 2.47 bits per heavy atom. The summed E-state index contributed by atoms with van der Waals surface area (Å²) in [5.41, 5.74) is 0. The third-order valence-corrected chi connectivity index (χ3v) is 2.37. The van der Waals surface area contributed by atoms with Crippen molar-refractivity contribution < 1.29 is 9.53 Å². The van der Waals surface area contributed by atoms with Crippen LogP contribution in [0.4, 0.5) is 0 Å². The second kappa shape index (κ2) is 6.19. The van der Waals surface area contributed by atoms with E-state index in [1.54, 1.807) is 25.4 Å². The van der Waals surface area contributed by atoms with Crippen LogP contribution in [0.3, 0.4) is 0 Å². The normalized spacial score (nSPS) is 21.9. The SMILES string of the molecule is C=C1/N=C\C=NC/C=C(/C(=O)OCC)S1. The average molecular weight is 224 g/mol. The van der Waals surface area contributed by atoms with Crippen molar-refractivity contribution in [3.63, 3.8) is 0 Å². The van der Waals surface area contributed by atoms with Crippen LogP contribution in [-0.2, 0) is 9.53 Å². The van der Waals surface area contributed by atoms with Crippen molar-refractivity contribution in [1.29, 1.82) is 0 Å². The number of ether oxygens (including phenoxy) is 1. The molecule has 0 aromatic heterocycles. The van der Waals surface area contributed by atoms with Crippen LogP contribution in [0.2, 0.25) is 0 Å². The topological polar surface area (TPSA) is 51.0 Å². The number of esters is 1. The van der Waals surface area contributed by atoms with E-state index in [0.29, 0.717) is 23.1 Å². The first-order chi connectivity index (χ1) is 7.24. The number of carbonyl (C=O) groups is 1. The minimum atomic E-state index is -0.351. The highest BCUT2D eigenvalue weighted by Gasteiger charge is 2.12. The average Bonchev–Trinajstić information content (AvgIpc) is 2.30. The lowest BCUT2D eigenvalue weighted by atomic mass is 10.5. The Hall–Kier alpha value is -1.36. The zero-order valence-corrected chi connectivity index (χ0v) is 9.29. The van der Waals surface area contributed by atoms with Gasteiger partial charge in [-0.25, -0.2) is 9.79 Å². The summed E-state index contributed by atoms with van der Waals surface area (Å²) >= 11 is 1.20. The molecule has 0 aromatic carbocycles. The molecule has 0 aliphatic carbocycles. The Morgan fingerprint density at radius 1 is 1.67 bits per heavy atom. The van der Waals surface area contributed by atoms with Gasteiger partial charge in [0.15, 0.2) is 0 Å². The molecule has 0 unspecified atom stereocenters. The lowest BCUT2D eigenvalue weighted by Gasteiger charge is -2.04. The molecule has 0 aromatic rings. The molecule has 4 nitrogen and oxygen atoms in total. The summed E-state index contributed by atoms with van der Waals surface area (Å²) in [7, 11) is 0. The van der Waals surface area contributed by atoms with Crippen molar-refractivity contribution in [2.24, 2.45) is 9.98 Å². The van der Waals surface area contributed by atoms with E-state index in [1.165, 1.54) is 11.8 Å². The summed E-state index contributed by atoms with van der Waals surface area (Å²) < 4.78 is 4.89. The summed E-state index contributed by atoms with van der Waals surface area (Å²) in [4.78, 5) is 19.9. The number of hydrogen-bond donors (Lipinski definition) is 0. The van der Waals surface area contributed by atoms with Gasteiger partial charge in [-0.1, -0.05) is 18.3 Å². The number of rotatable bonds is 2.